The van der Waals surface area contributed by atoms with Gasteiger partial charge in [-0.05, 0) is 84.9 Å². The first-order valence-corrected chi connectivity index (χ1v) is 15.4. The lowest BCUT2D eigenvalue weighted by molar-refractivity contribution is 1.16. The Morgan fingerprint density at radius 2 is 0.733 bits per heavy atom. The van der Waals surface area contributed by atoms with E-state index in [4.69, 9.17) is 0 Å². The summed E-state index contributed by atoms with van der Waals surface area (Å²) in [5.74, 6) is 0. The van der Waals surface area contributed by atoms with E-state index in [9.17, 15) is 0 Å². The summed E-state index contributed by atoms with van der Waals surface area (Å²) in [4.78, 5) is 2.33. The minimum Gasteiger partial charge on any atom is -0.310 e. The average Bonchev–Trinajstić information content (AvgIpc) is 3.62. The molecule has 45 heavy (non-hydrogen) atoms. The van der Waals surface area contributed by atoms with Gasteiger partial charge in [0.1, 0.15) is 0 Å². The van der Waals surface area contributed by atoms with Gasteiger partial charge in [-0.2, -0.15) is 0 Å². The maximum Gasteiger partial charge on any atom is 0.0542 e. The Labute approximate surface area is 261 Å². The van der Waals surface area contributed by atoms with E-state index >= 15 is 0 Å². The van der Waals surface area contributed by atoms with Gasteiger partial charge in [-0.1, -0.05) is 91.0 Å². The molecule has 0 radical (unpaired) electrons. The highest BCUT2D eigenvalue weighted by atomic mass is 15.1. The molecular weight excluding hydrogens is 546 g/mol. The summed E-state index contributed by atoms with van der Waals surface area (Å²) in [6.07, 6.45) is 0. The highest BCUT2D eigenvalue weighted by molar-refractivity contribution is 6.13. The first kappa shape index (κ1) is 25.4. The lowest BCUT2D eigenvalue weighted by atomic mass is 10.1. The molecule has 0 aliphatic rings. The van der Waals surface area contributed by atoms with Crippen molar-refractivity contribution in [3.05, 3.63) is 176 Å². The lowest BCUT2D eigenvalue weighted by Gasteiger charge is -2.25. The molecule has 2 heterocycles. The van der Waals surface area contributed by atoms with Gasteiger partial charge < -0.3 is 14.0 Å². The van der Waals surface area contributed by atoms with Gasteiger partial charge in [-0.25, -0.2) is 0 Å². The van der Waals surface area contributed by atoms with Crippen LogP contribution in [0.15, 0.2) is 176 Å². The van der Waals surface area contributed by atoms with Gasteiger partial charge in [-0.3, -0.25) is 0 Å². The van der Waals surface area contributed by atoms with Crippen molar-refractivity contribution in [1.29, 1.82) is 0 Å². The molecule has 9 rings (SSSR count). The van der Waals surface area contributed by atoms with Crippen LogP contribution in [-0.4, -0.2) is 9.13 Å². The molecule has 0 spiro atoms. The number of para-hydroxylation sites is 5. The molecule has 0 N–H and O–H groups in total. The lowest BCUT2D eigenvalue weighted by Crippen LogP contribution is -2.09. The van der Waals surface area contributed by atoms with Crippen molar-refractivity contribution < 1.29 is 0 Å². The average molecular weight is 576 g/mol. The molecule has 0 unspecified atom stereocenters. The van der Waals surface area contributed by atoms with Crippen molar-refractivity contribution in [3.8, 4) is 11.4 Å². The van der Waals surface area contributed by atoms with Crippen LogP contribution in [0, 0.1) is 0 Å². The van der Waals surface area contributed by atoms with Crippen LogP contribution in [0.2, 0.25) is 0 Å². The fraction of sp³-hybridized carbons (Fsp3) is 0. The summed E-state index contributed by atoms with van der Waals surface area (Å²) < 4.78 is 4.78. The van der Waals surface area contributed by atoms with E-state index in [-0.39, 0.29) is 0 Å². The second kappa shape index (κ2) is 10.3. The van der Waals surface area contributed by atoms with Crippen LogP contribution < -0.4 is 4.90 Å². The van der Waals surface area contributed by atoms with Gasteiger partial charge in [0.15, 0.2) is 0 Å². The minimum absolute atomic E-state index is 1.13. The van der Waals surface area contributed by atoms with Crippen molar-refractivity contribution >= 4 is 60.7 Å². The summed E-state index contributed by atoms with van der Waals surface area (Å²) in [6.45, 7) is 0. The van der Waals surface area contributed by atoms with E-state index in [1.165, 1.54) is 49.3 Å². The molecule has 0 aliphatic carbocycles. The third-order valence-electron chi connectivity index (χ3n) is 8.87. The predicted octanol–water partition coefficient (Wildman–Crippen LogP) is 11.4. The van der Waals surface area contributed by atoms with E-state index in [1.54, 1.807) is 0 Å². The van der Waals surface area contributed by atoms with Crippen molar-refractivity contribution in [2.24, 2.45) is 0 Å². The number of hydrogen-bond donors (Lipinski definition) is 0. The fourth-order valence-electron chi connectivity index (χ4n) is 6.93. The Hall–Kier alpha value is -6.06. The number of nitrogens with zero attached hydrogens (tertiary/aromatic N) is 3. The van der Waals surface area contributed by atoms with Gasteiger partial charge in [-0.15, -0.1) is 0 Å². The molecule has 2 aromatic heterocycles. The van der Waals surface area contributed by atoms with Crippen molar-refractivity contribution in [3.63, 3.8) is 0 Å². The summed E-state index contributed by atoms with van der Waals surface area (Å²) >= 11 is 0. The van der Waals surface area contributed by atoms with Crippen molar-refractivity contribution in [2.45, 2.75) is 0 Å². The molecule has 0 fully saturated rings. The molecule has 3 heteroatoms. The summed E-state index contributed by atoms with van der Waals surface area (Å²) in [5.41, 5.74) is 10.5. The topological polar surface area (TPSA) is 13.1 Å². The number of benzene rings is 7. The zero-order chi connectivity index (χ0) is 29.7. The first-order valence-electron chi connectivity index (χ1n) is 15.4. The second-order valence-corrected chi connectivity index (χ2v) is 11.5. The molecule has 0 bridgehead atoms. The molecule has 0 saturated carbocycles. The van der Waals surface area contributed by atoms with Crippen LogP contribution in [-0.2, 0) is 0 Å². The van der Waals surface area contributed by atoms with E-state index in [0.29, 0.717) is 0 Å². The Bertz CT molecular complexity index is 2430. The molecule has 0 amide bonds. The van der Waals surface area contributed by atoms with Crippen LogP contribution in [0.3, 0.4) is 0 Å². The molecule has 0 aliphatic heterocycles. The quantitative estimate of drug-likeness (QED) is 0.199. The number of rotatable bonds is 5. The minimum atomic E-state index is 1.13. The maximum absolute atomic E-state index is 2.41. The highest BCUT2D eigenvalue weighted by Gasteiger charge is 2.18. The molecule has 7 aromatic carbocycles. The molecule has 9 aromatic rings. The third-order valence-corrected chi connectivity index (χ3v) is 8.87. The van der Waals surface area contributed by atoms with E-state index in [1.807, 2.05) is 0 Å². The second-order valence-electron chi connectivity index (χ2n) is 11.5. The summed E-state index contributed by atoms with van der Waals surface area (Å²) in [7, 11) is 0. The van der Waals surface area contributed by atoms with Crippen LogP contribution >= 0.6 is 0 Å². The number of aromatic nitrogens is 2. The third kappa shape index (κ3) is 4.05. The van der Waals surface area contributed by atoms with Crippen molar-refractivity contribution in [2.75, 3.05) is 4.90 Å². The summed E-state index contributed by atoms with van der Waals surface area (Å²) in [5, 5.41) is 4.96. The number of hydrogen-bond acceptors (Lipinski definition) is 1. The van der Waals surface area contributed by atoms with Crippen molar-refractivity contribution in [1.82, 2.24) is 9.13 Å². The first-order chi connectivity index (χ1) is 22.3. The largest absolute Gasteiger partial charge is 0.310 e. The predicted molar refractivity (Wildman–Crippen MR) is 190 cm³/mol. The molecule has 0 atom stereocenters. The monoisotopic (exact) mass is 575 g/mol. The van der Waals surface area contributed by atoms with Gasteiger partial charge in [0, 0.05) is 50.0 Å². The SMILES string of the molecule is c1ccc(N(c2ccccc2)c2ccc3c(c2)c2ccccc2n3-c2ccc3c(c2)c2ccccc2n3-c2ccccc2)cc1. The van der Waals surface area contributed by atoms with Crippen LogP contribution in [0.4, 0.5) is 17.1 Å². The Kier molecular flexibility index (Phi) is 5.82. The summed E-state index contributed by atoms with van der Waals surface area (Å²) in [6, 6.07) is 63.1. The Balaban J connectivity index is 1.28. The van der Waals surface area contributed by atoms with Crippen LogP contribution in [0.1, 0.15) is 0 Å². The van der Waals surface area contributed by atoms with Gasteiger partial charge in [0.2, 0.25) is 0 Å². The molecule has 3 nitrogen and oxygen atoms in total. The standard InChI is InChI=1S/C42H29N3/c1-4-14-30(15-5-1)43(31-16-6-2-7-17-31)33-24-26-42-37(28-33)36-21-11-13-23-40(36)45(42)34-25-27-41-38(29-34)35-20-10-12-22-39(35)44(41)32-18-8-3-9-19-32/h1-29H. The van der Waals surface area contributed by atoms with E-state index in [2.05, 4.69) is 190 Å². The molecule has 0 saturated heterocycles. The Morgan fingerprint density at radius 3 is 1.33 bits per heavy atom. The number of fused-ring (bicyclic) bond motifs is 6. The number of anilines is 3. The smallest absolute Gasteiger partial charge is 0.0542 e. The highest BCUT2D eigenvalue weighted by Crippen LogP contribution is 2.40. The van der Waals surface area contributed by atoms with Gasteiger partial charge >= 0.3 is 0 Å². The zero-order valence-corrected chi connectivity index (χ0v) is 24.6. The fourth-order valence-corrected chi connectivity index (χ4v) is 6.93. The zero-order valence-electron chi connectivity index (χ0n) is 24.6. The maximum atomic E-state index is 2.41. The Morgan fingerprint density at radius 1 is 0.289 bits per heavy atom. The molecular formula is C42H29N3. The molecule has 212 valence electrons. The van der Waals surface area contributed by atoms with Gasteiger partial charge in [0.25, 0.3) is 0 Å². The normalized spacial score (nSPS) is 11.6. The van der Waals surface area contributed by atoms with Crippen LogP contribution in [0.5, 0.6) is 0 Å². The van der Waals surface area contributed by atoms with Crippen LogP contribution in [0.25, 0.3) is 55.0 Å². The van der Waals surface area contributed by atoms with Gasteiger partial charge in [0.05, 0.1) is 22.1 Å². The van der Waals surface area contributed by atoms with E-state index in [0.717, 1.165) is 22.7 Å². The van der Waals surface area contributed by atoms with E-state index < -0.39 is 0 Å².